The highest BCUT2D eigenvalue weighted by molar-refractivity contribution is 5.68. The van der Waals surface area contributed by atoms with E-state index in [1.165, 1.54) is 22.4 Å². The molecule has 45 heavy (non-hydrogen) atoms. The maximum atomic E-state index is 11.7. The van der Waals surface area contributed by atoms with E-state index in [0.29, 0.717) is 37.0 Å². The number of fused-ring (bicyclic) bond motifs is 4. The van der Waals surface area contributed by atoms with E-state index in [1.54, 1.807) is 0 Å². The lowest BCUT2D eigenvalue weighted by molar-refractivity contribution is -0.914. The summed E-state index contributed by atoms with van der Waals surface area (Å²) in [6.45, 7) is 7.33. The summed E-state index contributed by atoms with van der Waals surface area (Å²) in [7, 11) is 0. The quantitative estimate of drug-likeness (QED) is 0.258. The Morgan fingerprint density at radius 2 is 1.91 bits per heavy atom. The third-order valence-corrected chi connectivity index (χ3v) is 11.4. The molecule has 9 atom stereocenters. The van der Waals surface area contributed by atoms with Crippen LogP contribution in [0.3, 0.4) is 0 Å². The third kappa shape index (κ3) is 10.1. The Morgan fingerprint density at radius 1 is 1.11 bits per heavy atom. The summed E-state index contributed by atoms with van der Waals surface area (Å²) < 4.78 is 0. The maximum Gasteiger partial charge on any atom is 0.306 e. The normalized spacial score (nSPS) is 38.7. The summed E-state index contributed by atoms with van der Waals surface area (Å²) in [6, 6.07) is 10.4. The molecule has 4 aliphatic rings. The van der Waals surface area contributed by atoms with Crippen molar-refractivity contribution in [2.45, 2.75) is 145 Å². The van der Waals surface area contributed by atoms with Gasteiger partial charge in [0.2, 0.25) is 0 Å². The van der Waals surface area contributed by atoms with Gasteiger partial charge in [-0.05, 0) is 82.4 Å². The van der Waals surface area contributed by atoms with Gasteiger partial charge < -0.3 is 36.2 Å². The molecule has 5 rings (SSSR count). The molecule has 9 nitrogen and oxygen atoms in total. The number of carboxylic acids is 1. The summed E-state index contributed by atoms with van der Waals surface area (Å²) in [6.07, 6.45) is 14.3. The van der Waals surface area contributed by atoms with Gasteiger partial charge in [0.15, 0.2) is 6.67 Å². The lowest BCUT2D eigenvalue weighted by Crippen LogP contribution is -3.16. The number of benzene rings is 1. The van der Waals surface area contributed by atoms with Crippen LogP contribution in [0.1, 0.15) is 102 Å². The van der Waals surface area contributed by atoms with Crippen molar-refractivity contribution < 1.29 is 25.0 Å². The molecule has 2 saturated heterocycles. The number of carboxylic acid groups (broad SMARTS) is 1. The monoisotopic (exact) mass is 626 g/mol. The van der Waals surface area contributed by atoms with Gasteiger partial charge >= 0.3 is 5.97 Å². The Balaban J connectivity index is 1.29. The molecule has 0 aromatic heterocycles. The van der Waals surface area contributed by atoms with Crippen LogP contribution >= 0.6 is 0 Å². The van der Waals surface area contributed by atoms with Gasteiger partial charge in [0, 0.05) is 30.6 Å². The summed E-state index contributed by atoms with van der Waals surface area (Å²) >= 11 is 0. The van der Waals surface area contributed by atoms with Gasteiger partial charge in [0.05, 0.1) is 30.4 Å². The summed E-state index contributed by atoms with van der Waals surface area (Å²) in [5.74, 6) is -0.354. The molecular weight excluding hydrogens is 566 g/mol. The van der Waals surface area contributed by atoms with Crippen molar-refractivity contribution in [2.75, 3.05) is 26.3 Å². The SMILES string of the molecule is CC1NC(CCC2CCCCCCC(O)(CC(=O)O)CNC3(C)CCNC(Cc4cccc(c4)C2)C3)C([NH+]2CC=NC2)CC1O. The maximum absolute atomic E-state index is 11.7. The van der Waals surface area contributed by atoms with Crippen LogP contribution in [0, 0.1) is 5.92 Å². The van der Waals surface area contributed by atoms with Gasteiger partial charge in [-0.3, -0.25) is 4.79 Å². The zero-order valence-electron chi connectivity index (χ0n) is 27.8. The molecule has 0 radical (unpaired) electrons. The van der Waals surface area contributed by atoms with E-state index in [4.69, 9.17) is 0 Å². The first-order valence-corrected chi connectivity index (χ1v) is 17.9. The van der Waals surface area contributed by atoms with Crippen molar-refractivity contribution in [3.63, 3.8) is 0 Å². The van der Waals surface area contributed by atoms with Crippen molar-refractivity contribution in [3.05, 3.63) is 35.4 Å². The first-order valence-electron chi connectivity index (χ1n) is 17.9. The van der Waals surface area contributed by atoms with Crippen LogP contribution in [0.4, 0.5) is 0 Å². The molecule has 9 heteroatoms. The molecule has 9 unspecified atom stereocenters. The van der Waals surface area contributed by atoms with Crippen LogP contribution in [-0.4, -0.2) is 95.2 Å². The van der Waals surface area contributed by atoms with E-state index >= 15 is 0 Å². The van der Waals surface area contributed by atoms with Crippen LogP contribution in [-0.2, 0) is 17.6 Å². The molecular formula is C36H60N5O4+. The molecule has 0 saturated carbocycles. The van der Waals surface area contributed by atoms with Crippen molar-refractivity contribution in [2.24, 2.45) is 10.9 Å². The van der Waals surface area contributed by atoms with Gasteiger partial charge in [-0.2, -0.15) is 0 Å². The Bertz CT molecular complexity index is 1130. The van der Waals surface area contributed by atoms with E-state index < -0.39 is 11.6 Å². The van der Waals surface area contributed by atoms with E-state index in [2.05, 4.69) is 59.1 Å². The smallest absolute Gasteiger partial charge is 0.306 e. The van der Waals surface area contributed by atoms with Gasteiger partial charge in [-0.15, -0.1) is 0 Å². The Hall–Kier alpha value is -1.88. The second-order valence-corrected chi connectivity index (χ2v) is 15.3. The molecule has 0 spiro atoms. The minimum atomic E-state index is -1.23. The van der Waals surface area contributed by atoms with E-state index in [0.717, 1.165) is 90.4 Å². The second kappa shape index (κ2) is 15.8. The van der Waals surface area contributed by atoms with Gasteiger partial charge in [0.25, 0.3) is 0 Å². The van der Waals surface area contributed by atoms with Gasteiger partial charge in [-0.1, -0.05) is 56.4 Å². The summed E-state index contributed by atoms with van der Waals surface area (Å²) in [4.78, 5) is 17.7. The number of hydrogen-bond acceptors (Lipinski definition) is 7. The second-order valence-electron chi connectivity index (χ2n) is 15.3. The molecule has 252 valence electrons. The Morgan fingerprint density at radius 3 is 2.69 bits per heavy atom. The lowest BCUT2D eigenvalue weighted by atomic mass is 9.81. The van der Waals surface area contributed by atoms with Crippen molar-refractivity contribution in [1.29, 1.82) is 0 Å². The van der Waals surface area contributed by atoms with Gasteiger partial charge in [-0.25, -0.2) is 4.99 Å². The standard InChI is InChI=1S/C36H59N5O4/c1-26-33(42)21-32(41-17-16-37-25-41)31(40-26)12-11-27-8-5-3-4-6-13-36(45,23-34(43)44)24-39-35(2)14-15-38-30(22-35)20-29-10-7-9-28(18-27)19-29/h7,9-10,16,19,26-27,30-33,38-40,42,45H,3-6,8,11-15,17-18,20-25H2,1-2H3,(H,43,44)/p+1. The van der Waals surface area contributed by atoms with E-state index in [9.17, 15) is 20.1 Å². The van der Waals surface area contributed by atoms with Crippen LogP contribution in [0.25, 0.3) is 0 Å². The predicted octanol–water partition coefficient (Wildman–Crippen LogP) is 2.24. The first kappa shape index (κ1) is 34.5. The minimum absolute atomic E-state index is 0.112. The summed E-state index contributed by atoms with van der Waals surface area (Å²) in [5.41, 5.74) is 1.43. The average Bonchev–Trinajstić information content (AvgIpc) is 3.53. The van der Waals surface area contributed by atoms with Crippen LogP contribution < -0.4 is 20.9 Å². The highest BCUT2D eigenvalue weighted by Crippen LogP contribution is 2.29. The molecule has 1 aromatic carbocycles. The van der Waals surface area contributed by atoms with Crippen LogP contribution in [0.2, 0.25) is 0 Å². The largest absolute Gasteiger partial charge is 0.481 e. The fourth-order valence-corrected chi connectivity index (χ4v) is 8.61. The fraction of sp³-hybridized carbons (Fsp3) is 0.778. The number of β-amino-alcohol motifs (C(OH)–C–C–N with tert-alkyl or cyclic N) is 1. The zero-order chi connectivity index (χ0) is 31.9. The molecule has 4 heterocycles. The Kier molecular flexibility index (Phi) is 12.1. The number of rotatable bonds is 6. The van der Waals surface area contributed by atoms with Crippen molar-refractivity contribution in [3.8, 4) is 0 Å². The molecule has 4 aliphatic heterocycles. The number of carbonyl (C=O) groups is 1. The number of hydrogen-bond donors (Lipinski definition) is 7. The molecule has 2 fully saturated rings. The zero-order valence-corrected chi connectivity index (χ0v) is 27.8. The van der Waals surface area contributed by atoms with Crippen LogP contribution in [0.5, 0.6) is 0 Å². The number of nitrogens with one attached hydrogen (secondary N) is 4. The number of aliphatic imine (C=N–C) groups is 1. The van der Waals surface area contributed by atoms with E-state index in [-0.39, 0.29) is 24.1 Å². The molecule has 0 aliphatic carbocycles. The highest BCUT2D eigenvalue weighted by Gasteiger charge is 2.40. The Labute approximate surface area is 270 Å². The van der Waals surface area contributed by atoms with Crippen LogP contribution in [0.15, 0.2) is 29.3 Å². The number of quaternary nitrogens is 1. The highest BCUT2D eigenvalue weighted by atomic mass is 16.4. The number of aliphatic hydroxyl groups is 2. The number of aliphatic hydroxyl groups excluding tert-OH is 1. The summed E-state index contributed by atoms with van der Waals surface area (Å²) in [5, 5.41) is 42.8. The molecule has 7 N–H and O–H groups in total. The topological polar surface area (TPSA) is 131 Å². The predicted molar refractivity (Wildman–Crippen MR) is 179 cm³/mol. The first-order chi connectivity index (χ1) is 21.6. The molecule has 4 bridgehead atoms. The minimum Gasteiger partial charge on any atom is -0.481 e. The van der Waals surface area contributed by atoms with Crippen molar-refractivity contribution in [1.82, 2.24) is 16.0 Å². The van der Waals surface area contributed by atoms with E-state index in [1.807, 2.05) is 6.21 Å². The third-order valence-electron chi connectivity index (χ3n) is 11.4. The average molecular weight is 627 g/mol. The number of aliphatic carboxylic acids is 1. The molecule has 1 aromatic rings. The number of nitrogens with zero attached hydrogens (tertiary/aromatic N) is 1. The number of piperidine rings is 2. The van der Waals surface area contributed by atoms with Crippen molar-refractivity contribution >= 4 is 12.2 Å². The lowest BCUT2D eigenvalue weighted by Gasteiger charge is -2.42. The fourth-order valence-electron chi connectivity index (χ4n) is 8.61. The van der Waals surface area contributed by atoms with Gasteiger partial charge in [0.1, 0.15) is 12.6 Å². The molecule has 0 amide bonds.